The van der Waals surface area contributed by atoms with Crippen LogP contribution in [0.4, 0.5) is 34.1 Å². The van der Waals surface area contributed by atoms with Crippen molar-refractivity contribution in [1.82, 2.24) is 0 Å². The lowest BCUT2D eigenvalue weighted by Crippen LogP contribution is -2.10. The lowest BCUT2D eigenvalue weighted by molar-refractivity contribution is 0.0693. The fourth-order valence-corrected chi connectivity index (χ4v) is 4.74. The first kappa shape index (κ1) is 32.5. The maximum Gasteiger partial charge on any atom is 0.339 e. The molecule has 232 valence electrons. The Morgan fingerprint density at radius 1 is 0.867 bits per heavy atom. The molecule has 0 saturated heterocycles. The number of hydrogen-bond acceptors (Lipinski definition) is 10. The fourth-order valence-electron chi connectivity index (χ4n) is 3.75. The molecule has 16 heteroatoms. The number of aryl methyl sites for hydroxylation is 1. The number of carboxylic acids is 1. The number of carboxylic acid groups (broad SMARTS) is 1. The third kappa shape index (κ3) is 8.60. The number of amidine groups is 1. The molecule has 0 unspecified atom stereocenters. The maximum absolute atomic E-state index is 11.5. The third-order valence-electron chi connectivity index (χ3n) is 5.88. The summed E-state index contributed by atoms with van der Waals surface area (Å²) in [5.74, 6) is -1.38. The van der Waals surface area contributed by atoms with E-state index in [0.29, 0.717) is 28.3 Å². The summed E-state index contributed by atoms with van der Waals surface area (Å²) in [6.07, 6.45) is 0. The summed E-state index contributed by atoms with van der Waals surface area (Å²) >= 11 is 5.85. The lowest BCUT2D eigenvalue weighted by atomic mass is 10.1. The van der Waals surface area contributed by atoms with E-state index in [9.17, 15) is 28.0 Å². The van der Waals surface area contributed by atoms with Crippen molar-refractivity contribution >= 4 is 67.8 Å². The van der Waals surface area contributed by atoms with Crippen LogP contribution in [0.25, 0.3) is 0 Å². The Kier molecular flexibility index (Phi) is 10.1. The number of aromatic carboxylic acids is 1. The Morgan fingerprint density at radius 3 is 2.16 bits per heavy atom. The van der Waals surface area contributed by atoms with Crippen molar-refractivity contribution in [3.05, 3.63) is 88.9 Å². The number of halogens is 1. The Bertz CT molecular complexity index is 1950. The van der Waals surface area contributed by atoms with Crippen LogP contribution in [0, 0.1) is 6.92 Å². The predicted octanol–water partition coefficient (Wildman–Crippen LogP) is 8.19. The van der Waals surface area contributed by atoms with Gasteiger partial charge in [-0.15, -0.1) is 0 Å². The molecule has 0 saturated carbocycles. The number of nitrogens with one attached hydrogen (secondary N) is 1. The lowest BCUT2D eigenvalue weighted by Gasteiger charge is -2.11. The highest BCUT2D eigenvalue weighted by Crippen LogP contribution is 2.36. The van der Waals surface area contributed by atoms with Gasteiger partial charge in [-0.1, -0.05) is 11.6 Å². The summed E-state index contributed by atoms with van der Waals surface area (Å²) in [4.78, 5) is 14.9. The molecular weight excluding hydrogens is 628 g/mol. The summed E-state index contributed by atoms with van der Waals surface area (Å²) < 4.78 is 38.1. The highest BCUT2D eigenvalue weighted by atomic mass is 35.5. The second-order valence-electron chi connectivity index (χ2n) is 9.14. The molecule has 0 atom stereocenters. The van der Waals surface area contributed by atoms with E-state index in [1.165, 1.54) is 30.3 Å². The SMILES string of the molecule is CCOc1cc(N=Nc2ccc(Cl)c(S(=O)(=O)O)c2)c(C)cc1N=C(O)Nc1ccc(N=Nc2ccc(O)c(C(=O)O)c2)cc1. The van der Waals surface area contributed by atoms with E-state index in [4.69, 9.17) is 21.4 Å². The van der Waals surface area contributed by atoms with Crippen molar-refractivity contribution in [2.24, 2.45) is 25.4 Å². The van der Waals surface area contributed by atoms with E-state index in [-0.39, 0.29) is 40.1 Å². The van der Waals surface area contributed by atoms with E-state index in [1.54, 1.807) is 50.2 Å². The highest BCUT2D eigenvalue weighted by molar-refractivity contribution is 7.86. The number of aliphatic hydroxyl groups excluding tert-OH is 1. The van der Waals surface area contributed by atoms with Gasteiger partial charge in [0.15, 0.2) is 0 Å². The van der Waals surface area contributed by atoms with Crippen molar-refractivity contribution in [2.75, 3.05) is 11.9 Å². The Labute approximate surface area is 261 Å². The molecule has 45 heavy (non-hydrogen) atoms. The predicted molar refractivity (Wildman–Crippen MR) is 167 cm³/mol. The van der Waals surface area contributed by atoms with Crippen molar-refractivity contribution in [2.45, 2.75) is 18.7 Å². The Hall–Kier alpha value is -5.38. The Balaban J connectivity index is 1.50. The van der Waals surface area contributed by atoms with Gasteiger partial charge in [0.05, 0.1) is 34.4 Å². The minimum Gasteiger partial charge on any atom is -0.507 e. The number of benzene rings is 4. The van der Waals surface area contributed by atoms with E-state index in [2.05, 4.69) is 30.8 Å². The largest absolute Gasteiger partial charge is 0.507 e. The van der Waals surface area contributed by atoms with Crippen LogP contribution in [-0.2, 0) is 10.1 Å². The van der Waals surface area contributed by atoms with E-state index < -0.39 is 27.0 Å². The van der Waals surface area contributed by atoms with Gasteiger partial charge in [0, 0.05) is 11.8 Å². The number of carbonyl (C=O) groups is 1. The third-order valence-corrected chi connectivity index (χ3v) is 7.22. The molecule has 0 aliphatic heterocycles. The summed E-state index contributed by atoms with van der Waals surface area (Å²) in [5, 5.41) is 48.1. The molecule has 14 nitrogen and oxygen atoms in total. The first-order chi connectivity index (χ1) is 21.3. The smallest absolute Gasteiger partial charge is 0.339 e. The van der Waals surface area contributed by atoms with Crippen LogP contribution in [0.5, 0.6) is 11.5 Å². The maximum atomic E-state index is 11.5. The normalized spacial score (nSPS) is 12.1. The molecule has 0 spiro atoms. The quantitative estimate of drug-likeness (QED) is 0.0482. The van der Waals surface area contributed by atoms with Crippen LogP contribution in [0.2, 0.25) is 5.02 Å². The van der Waals surface area contributed by atoms with E-state index >= 15 is 0 Å². The molecule has 5 N–H and O–H groups in total. The minimum absolute atomic E-state index is 0.133. The number of rotatable bonds is 10. The first-order valence-corrected chi connectivity index (χ1v) is 14.7. The van der Waals surface area contributed by atoms with Gasteiger partial charge in [-0.25, -0.2) is 4.79 Å². The Morgan fingerprint density at radius 2 is 1.49 bits per heavy atom. The van der Waals surface area contributed by atoms with E-state index in [0.717, 1.165) is 6.07 Å². The molecule has 0 amide bonds. The number of nitrogens with zero attached hydrogens (tertiary/aromatic N) is 5. The monoisotopic (exact) mass is 652 g/mol. The first-order valence-electron chi connectivity index (χ1n) is 12.9. The van der Waals surface area contributed by atoms with Gasteiger partial charge in [-0.05, 0) is 86.1 Å². The molecule has 4 aromatic carbocycles. The topological polar surface area (TPSA) is 215 Å². The molecule has 0 bridgehead atoms. The fraction of sp³-hybridized carbons (Fsp3) is 0.103. The zero-order chi connectivity index (χ0) is 32.7. The van der Waals surface area contributed by atoms with Crippen LogP contribution < -0.4 is 10.1 Å². The number of aliphatic hydroxyl groups is 1. The van der Waals surface area contributed by atoms with Crippen LogP contribution >= 0.6 is 11.6 Å². The van der Waals surface area contributed by atoms with Gasteiger partial charge >= 0.3 is 5.97 Å². The summed E-state index contributed by atoms with van der Waals surface area (Å²) in [6.45, 7) is 3.78. The number of aliphatic imine (C=N–C) groups is 1. The summed E-state index contributed by atoms with van der Waals surface area (Å²) in [6, 6.07) is 16.8. The average molecular weight is 653 g/mol. The van der Waals surface area contributed by atoms with Crippen LogP contribution in [0.15, 0.2) is 103 Å². The molecule has 4 aromatic rings. The molecule has 0 aliphatic carbocycles. The van der Waals surface area contributed by atoms with Crippen molar-refractivity contribution in [1.29, 1.82) is 0 Å². The van der Waals surface area contributed by atoms with Gasteiger partial charge in [-0.3, -0.25) is 4.55 Å². The number of aromatic hydroxyl groups is 1. The van der Waals surface area contributed by atoms with Crippen LogP contribution in [0.1, 0.15) is 22.8 Å². The molecule has 0 radical (unpaired) electrons. The van der Waals surface area contributed by atoms with Crippen molar-refractivity contribution < 1.29 is 37.8 Å². The summed E-state index contributed by atoms with van der Waals surface area (Å²) in [7, 11) is -4.55. The molecular formula is C29H25ClN6O8S. The molecule has 0 aliphatic rings. The number of azo groups is 2. The summed E-state index contributed by atoms with van der Waals surface area (Å²) in [5.41, 5.74) is 2.26. The zero-order valence-electron chi connectivity index (χ0n) is 23.6. The number of anilines is 1. The van der Waals surface area contributed by atoms with Crippen LogP contribution in [0.3, 0.4) is 0 Å². The van der Waals surface area contributed by atoms with Crippen LogP contribution in [-0.4, -0.2) is 46.9 Å². The second kappa shape index (κ2) is 13.9. The second-order valence-corrected chi connectivity index (χ2v) is 10.9. The van der Waals surface area contributed by atoms with E-state index in [1.807, 2.05) is 0 Å². The minimum atomic E-state index is -4.55. The molecule has 0 aromatic heterocycles. The van der Waals surface area contributed by atoms with Gasteiger partial charge in [-0.2, -0.15) is 33.9 Å². The number of hydrogen-bond donors (Lipinski definition) is 5. The number of phenols is 1. The van der Waals surface area contributed by atoms with Crippen molar-refractivity contribution in [3.63, 3.8) is 0 Å². The van der Waals surface area contributed by atoms with Gasteiger partial charge in [0.2, 0.25) is 0 Å². The highest BCUT2D eigenvalue weighted by Gasteiger charge is 2.16. The van der Waals surface area contributed by atoms with Gasteiger partial charge < -0.3 is 25.4 Å². The zero-order valence-corrected chi connectivity index (χ0v) is 25.2. The molecule has 0 fully saturated rings. The average Bonchev–Trinajstić information content (AvgIpc) is 2.98. The van der Waals surface area contributed by atoms with Crippen molar-refractivity contribution in [3.8, 4) is 11.5 Å². The molecule has 0 heterocycles. The van der Waals surface area contributed by atoms with Gasteiger partial charge in [0.25, 0.3) is 16.1 Å². The van der Waals surface area contributed by atoms with Gasteiger partial charge in [0.1, 0.15) is 27.6 Å². The number of ether oxygens (including phenoxy) is 1. The standard InChI is InChI=1S/C29H25ClN6O8S/c1-3-44-26-15-23(36-35-20-8-10-22(30)27(14-20)45(41,42)43)16(2)12-24(26)32-29(40)31-17-4-6-18(7-5-17)33-34-19-9-11-25(37)21(13-19)28(38)39/h4-15,37H,3H2,1-2H3,(H,38,39)(H2,31,32,40)(H,41,42,43). The molecule has 4 rings (SSSR count).